The van der Waals surface area contributed by atoms with Crippen LogP contribution in [0, 0.1) is 5.41 Å². The zero-order valence-electron chi connectivity index (χ0n) is 11.7. The third kappa shape index (κ3) is 4.02. The highest BCUT2D eigenvalue weighted by atomic mass is 79.9. The molecule has 0 fully saturated rings. The Balaban J connectivity index is 2.25. The molecule has 0 atom stereocenters. The highest BCUT2D eigenvalue weighted by Gasteiger charge is 2.13. The second-order valence-electron chi connectivity index (χ2n) is 4.36. The third-order valence-corrected chi connectivity index (χ3v) is 4.61. The Morgan fingerprint density at radius 3 is 2.67 bits per heavy atom. The average Bonchev–Trinajstić information content (AvgIpc) is 2.46. The molecule has 0 heterocycles. The van der Waals surface area contributed by atoms with Gasteiger partial charge in [0.15, 0.2) is 0 Å². The van der Waals surface area contributed by atoms with E-state index in [0.717, 1.165) is 20.7 Å². The molecule has 2 aromatic rings. The van der Waals surface area contributed by atoms with E-state index in [1.54, 1.807) is 11.8 Å². The first-order valence-electron chi connectivity index (χ1n) is 6.60. The van der Waals surface area contributed by atoms with Crippen LogP contribution < -0.4 is 10.5 Å². The first kappa shape index (κ1) is 15.9. The van der Waals surface area contributed by atoms with E-state index in [2.05, 4.69) is 22.9 Å². The van der Waals surface area contributed by atoms with Crippen LogP contribution in [0.4, 0.5) is 0 Å². The second kappa shape index (κ2) is 7.52. The van der Waals surface area contributed by atoms with Crippen molar-refractivity contribution < 1.29 is 4.74 Å². The number of hydrogen-bond donors (Lipinski definition) is 2. The lowest BCUT2D eigenvalue weighted by molar-refractivity contribution is 0.304. The summed E-state index contributed by atoms with van der Waals surface area (Å²) in [7, 11) is 0. The molecule has 110 valence electrons. The maximum Gasteiger partial charge on any atom is 0.131 e. The number of ether oxygens (including phenoxy) is 1. The molecule has 5 heteroatoms. The molecule has 0 radical (unpaired) electrons. The lowest BCUT2D eigenvalue weighted by Gasteiger charge is -2.14. The second-order valence-corrected chi connectivity index (χ2v) is 6.52. The molecule has 2 aromatic carbocycles. The SMILES string of the molecule is CCSc1cccc(OCc2ccccc2Br)c1C(=N)N. The van der Waals surface area contributed by atoms with Crippen LogP contribution in [-0.4, -0.2) is 11.6 Å². The van der Waals surface area contributed by atoms with E-state index in [4.69, 9.17) is 15.9 Å². The molecule has 0 bridgehead atoms. The van der Waals surface area contributed by atoms with E-state index in [1.807, 2.05) is 42.5 Å². The minimum Gasteiger partial charge on any atom is -0.488 e. The maximum atomic E-state index is 7.80. The average molecular weight is 365 g/mol. The molecular formula is C16H17BrN2OS. The van der Waals surface area contributed by atoms with Crippen molar-refractivity contribution in [1.29, 1.82) is 5.41 Å². The third-order valence-electron chi connectivity index (χ3n) is 2.90. The predicted octanol–water partition coefficient (Wildman–Crippen LogP) is 4.42. The summed E-state index contributed by atoms with van der Waals surface area (Å²) in [6, 6.07) is 13.7. The zero-order valence-corrected chi connectivity index (χ0v) is 14.1. The normalized spacial score (nSPS) is 10.4. The van der Waals surface area contributed by atoms with E-state index in [0.29, 0.717) is 17.9 Å². The van der Waals surface area contributed by atoms with E-state index < -0.39 is 0 Å². The Bertz CT molecular complexity index is 646. The van der Waals surface area contributed by atoms with E-state index in [9.17, 15) is 0 Å². The van der Waals surface area contributed by atoms with Crippen molar-refractivity contribution in [3.8, 4) is 5.75 Å². The van der Waals surface area contributed by atoms with Crippen LogP contribution in [-0.2, 0) is 6.61 Å². The largest absolute Gasteiger partial charge is 0.488 e. The topological polar surface area (TPSA) is 59.1 Å². The van der Waals surface area contributed by atoms with Gasteiger partial charge in [0.1, 0.15) is 18.2 Å². The first-order valence-corrected chi connectivity index (χ1v) is 8.37. The minimum absolute atomic E-state index is 0.0358. The van der Waals surface area contributed by atoms with Gasteiger partial charge in [-0.25, -0.2) is 0 Å². The lowest BCUT2D eigenvalue weighted by atomic mass is 10.2. The van der Waals surface area contributed by atoms with Crippen molar-refractivity contribution in [2.45, 2.75) is 18.4 Å². The number of halogens is 1. The van der Waals surface area contributed by atoms with Crippen molar-refractivity contribution in [2.24, 2.45) is 5.73 Å². The van der Waals surface area contributed by atoms with Gasteiger partial charge in [-0.05, 0) is 24.0 Å². The van der Waals surface area contributed by atoms with Crippen LogP contribution in [0.3, 0.4) is 0 Å². The van der Waals surface area contributed by atoms with Gasteiger partial charge in [0, 0.05) is 14.9 Å². The molecule has 0 saturated heterocycles. The summed E-state index contributed by atoms with van der Waals surface area (Å²) in [6.45, 7) is 2.51. The summed E-state index contributed by atoms with van der Waals surface area (Å²) in [4.78, 5) is 0.981. The monoisotopic (exact) mass is 364 g/mol. The van der Waals surface area contributed by atoms with E-state index in [-0.39, 0.29) is 5.84 Å². The van der Waals surface area contributed by atoms with Gasteiger partial charge in [0.2, 0.25) is 0 Å². The van der Waals surface area contributed by atoms with Crippen molar-refractivity contribution in [1.82, 2.24) is 0 Å². The zero-order chi connectivity index (χ0) is 15.2. The number of nitrogen functional groups attached to an aromatic ring is 1. The van der Waals surface area contributed by atoms with Gasteiger partial charge in [-0.15, -0.1) is 11.8 Å². The van der Waals surface area contributed by atoms with Gasteiger partial charge in [0.25, 0.3) is 0 Å². The summed E-state index contributed by atoms with van der Waals surface area (Å²) in [5.41, 5.74) is 7.46. The fourth-order valence-electron chi connectivity index (χ4n) is 1.94. The quantitative estimate of drug-likeness (QED) is 0.453. The number of rotatable bonds is 6. The van der Waals surface area contributed by atoms with E-state index in [1.165, 1.54) is 0 Å². The summed E-state index contributed by atoms with van der Waals surface area (Å²) >= 11 is 5.16. The summed E-state index contributed by atoms with van der Waals surface area (Å²) in [5.74, 6) is 1.61. The van der Waals surface area contributed by atoms with Crippen LogP contribution in [0.1, 0.15) is 18.1 Å². The van der Waals surface area contributed by atoms with Gasteiger partial charge in [-0.3, -0.25) is 5.41 Å². The van der Waals surface area contributed by atoms with Crippen molar-refractivity contribution in [2.75, 3.05) is 5.75 Å². The number of hydrogen-bond acceptors (Lipinski definition) is 3. The number of benzene rings is 2. The number of nitrogens with two attached hydrogens (primary N) is 1. The van der Waals surface area contributed by atoms with Gasteiger partial charge >= 0.3 is 0 Å². The molecule has 0 saturated carbocycles. The van der Waals surface area contributed by atoms with Crippen molar-refractivity contribution >= 4 is 33.5 Å². The van der Waals surface area contributed by atoms with E-state index >= 15 is 0 Å². The molecule has 0 unspecified atom stereocenters. The maximum absolute atomic E-state index is 7.80. The molecule has 0 aliphatic carbocycles. The Morgan fingerprint density at radius 1 is 1.24 bits per heavy atom. The standard InChI is InChI=1S/C16H17BrN2OS/c1-2-21-14-9-5-8-13(15(14)16(18)19)20-10-11-6-3-4-7-12(11)17/h3-9H,2,10H2,1H3,(H3,18,19). The van der Waals surface area contributed by atoms with Gasteiger partial charge in [-0.1, -0.05) is 47.1 Å². The smallest absolute Gasteiger partial charge is 0.131 e. The van der Waals surface area contributed by atoms with Gasteiger partial charge in [0.05, 0.1) is 5.56 Å². The minimum atomic E-state index is 0.0358. The Labute approximate surface area is 137 Å². The number of thioether (sulfide) groups is 1. The number of amidine groups is 1. The highest BCUT2D eigenvalue weighted by Crippen LogP contribution is 2.30. The van der Waals surface area contributed by atoms with Crippen molar-refractivity contribution in [3.05, 3.63) is 58.1 Å². The van der Waals surface area contributed by atoms with Crippen LogP contribution in [0.15, 0.2) is 51.8 Å². The molecule has 0 aromatic heterocycles. The Hall–Kier alpha value is -1.46. The molecule has 3 N–H and O–H groups in total. The highest BCUT2D eigenvalue weighted by molar-refractivity contribution is 9.10. The molecule has 0 spiro atoms. The lowest BCUT2D eigenvalue weighted by Crippen LogP contribution is -2.14. The Morgan fingerprint density at radius 2 is 2.00 bits per heavy atom. The molecule has 2 rings (SSSR count). The van der Waals surface area contributed by atoms with Crippen LogP contribution in [0.5, 0.6) is 5.75 Å². The van der Waals surface area contributed by atoms with Crippen LogP contribution in [0.2, 0.25) is 0 Å². The summed E-state index contributed by atoms with van der Waals surface area (Å²) in [5, 5.41) is 7.80. The van der Waals surface area contributed by atoms with Gasteiger partial charge < -0.3 is 10.5 Å². The van der Waals surface area contributed by atoms with Crippen LogP contribution in [0.25, 0.3) is 0 Å². The first-order chi connectivity index (χ1) is 10.1. The molecule has 0 aliphatic heterocycles. The predicted molar refractivity (Wildman–Crippen MR) is 92.3 cm³/mol. The fourth-order valence-corrected chi connectivity index (χ4v) is 3.18. The van der Waals surface area contributed by atoms with Gasteiger partial charge in [-0.2, -0.15) is 0 Å². The fraction of sp³-hybridized carbons (Fsp3) is 0.188. The summed E-state index contributed by atoms with van der Waals surface area (Å²) < 4.78 is 6.90. The molecule has 3 nitrogen and oxygen atoms in total. The molecule has 0 amide bonds. The molecule has 0 aliphatic rings. The Kier molecular flexibility index (Phi) is 5.70. The molecule has 21 heavy (non-hydrogen) atoms. The van der Waals surface area contributed by atoms with Crippen molar-refractivity contribution in [3.63, 3.8) is 0 Å². The van der Waals surface area contributed by atoms with Crippen LogP contribution >= 0.6 is 27.7 Å². The summed E-state index contributed by atoms with van der Waals surface area (Å²) in [6.07, 6.45) is 0. The number of nitrogens with one attached hydrogen (secondary N) is 1. The molecular weight excluding hydrogens is 348 g/mol.